The van der Waals surface area contributed by atoms with Gasteiger partial charge in [-0.25, -0.2) is 0 Å². The van der Waals surface area contributed by atoms with Crippen molar-refractivity contribution in [2.75, 3.05) is 27.2 Å². The average Bonchev–Trinajstić information content (AvgIpc) is 2.42. The van der Waals surface area contributed by atoms with E-state index >= 15 is 0 Å². The van der Waals surface area contributed by atoms with Crippen molar-refractivity contribution < 1.29 is 9.53 Å². The van der Waals surface area contributed by atoms with Gasteiger partial charge in [-0.15, -0.1) is 0 Å². The van der Waals surface area contributed by atoms with Crippen LogP contribution in [0.4, 0.5) is 0 Å². The Bertz CT molecular complexity index is 662. The van der Waals surface area contributed by atoms with E-state index in [-0.39, 0.29) is 12.1 Å². The van der Waals surface area contributed by atoms with Crippen LogP contribution >= 0.6 is 0 Å². The molecule has 0 unspecified atom stereocenters. The van der Waals surface area contributed by atoms with Crippen molar-refractivity contribution in [3.05, 3.63) is 40.7 Å². The Morgan fingerprint density at radius 2 is 2.00 bits per heavy atom. The molecule has 1 heterocycles. The Balaban J connectivity index is 2.33. The van der Waals surface area contributed by atoms with Crippen LogP contribution in [0, 0.1) is 0 Å². The summed E-state index contributed by atoms with van der Waals surface area (Å²) in [5, 5.41) is 0.909. The molecule has 0 fully saturated rings. The number of benzene rings is 1. The monoisotopic (exact) mass is 274 g/mol. The quantitative estimate of drug-likeness (QED) is 0.741. The Kier molecular flexibility index (Phi) is 4.53. The van der Waals surface area contributed by atoms with Crippen molar-refractivity contribution in [2.45, 2.75) is 6.54 Å². The Hall–Kier alpha value is -2.14. The van der Waals surface area contributed by atoms with Gasteiger partial charge < -0.3 is 19.0 Å². The van der Waals surface area contributed by atoms with E-state index < -0.39 is 0 Å². The first-order valence-corrected chi connectivity index (χ1v) is 6.46. The summed E-state index contributed by atoms with van der Waals surface area (Å²) in [7, 11) is 3.96. The molecule has 0 radical (unpaired) electrons. The zero-order valence-electron chi connectivity index (χ0n) is 11.7. The molecule has 0 aliphatic rings. The van der Waals surface area contributed by atoms with Gasteiger partial charge in [0, 0.05) is 18.7 Å². The highest BCUT2D eigenvalue weighted by molar-refractivity contribution is 5.81. The minimum absolute atomic E-state index is 0.0529. The van der Waals surface area contributed by atoms with Crippen LogP contribution in [0.3, 0.4) is 0 Å². The number of carbonyl (C=O) groups is 1. The molecule has 0 aliphatic heterocycles. The molecule has 0 saturated carbocycles. The topological polar surface area (TPSA) is 51.5 Å². The van der Waals surface area contributed by atoms with Gasteiger partial charge >= 0.3 is 0 Å². The Labute approximate surface area is 117 Å². The second-order valence-electron chi connectivity index (χ2n) is 4.82. The molecule has 1 aromatic heterocycles. The zero-order chi connectivity index (χ0) is 14.5. The molecule has 106 valence electrons. The summed E-state index contributed by atoms with van der Waals surface area (Å²) in [5.41, 5.74) is 0.530. The summed E-state index contributed by atoms with van der Waals surface area (Å²) < 4.78 is 7.10. The lowest BCUT2D eigenvalue weighted by Gasteiger charge is -2.12. The van der Waals surface area contributed by atoms with Crippen LogP contribution in [0.15, 0.2) is 35.1 Å². The number of hydrogen-bond donors (Lipinski definition) is 0. The predicted octanol–water partition coefficient (Wildman–Crippen LogP) is 1.14. The number of nitrogens with zero attached hydrogens (tertiary/aromatic N) is 2. The molecule has 0 bridgehead atoms. The van der Waals surface area contributed by atoms with Crippen molar-refractivity contribution in [1.82, 2.24) is 9.47 Å². The number of carbonyl (C=O) groups excluding carboxylic acids is 1. The first-order chi connectivity index (χ1) is 9.61. The number of ether oxygens (including phenoxy) is 1. The maximum Gasteiger partial charge on any atom is 0.251 e. The van der Waals surface area contributed by atoms with Crippen LogP contribution in [0.2, 0.25) is 0 Å². The highest BCUT2D eigenvalue weighted by Gasteiger charge is 2.04. The van der Waals surface area contributed by atoms with Crippen molar-refractivity contribution in [3.63, 3.8) is 0 Å². The molecule has 0 saturated heterocycles. The van der Waals surface area contributed by atoms with Crippen LogP contribution in [-0.2, 0) is 11.3 Å². The smallest absolute Gasteiger partial charge is 0.251 e. The summed E-state index contributed by atoms with van der Waals surface area (Å²) in [6.45, 7) is 1.44. The lowest BCUT2D eigenvalue weighted by molar-refractivity contribution is -0.108. The van der Waals surface area contributed by atoms with E-state index in [9.17, 15) is 9.59 Å². The minimum atomic E-state index is -0.185. The normalized spacial score (nSPS) is 10.9. The number of rotatable bonds is 6. The van der Waals surface area contributed by atoms with Gasteiger partial charge in [0.15, 0.2) is 0 Å². The lowest BCUT2D eigenvalue weighted by atomic mass is 10.2. The van der Waals surface area contributed by atoms with Crippen LogP contribution < -0.4 is 10.3 Å². The molecule has 0 atom stereocenters. The lowest BCUT2D eigenvalue weighted by Crippen LogP contribution is -2.20. The second-order valence-corrected chi connectivity index (χ2v) is 4.82. The average molecular weight is 274 g/mol. The minimum Gasteiger partial charge on any atom is -0.492 e. The third-order valence-electron chi connectivity index (χ3n) is 3.03. The van der Waals surface area contributed by atoms with Crippen LogP contribution in [0.5, 0.6) is 5.75 Å². The highest BCUT2D eigenvalue weighted by Crippen LogP contribution is 2.19. The Morgan fingerprint density at radius 3 is 2.70 bits per heavy atom. The molecule has 20 heavy (non-hydrogen) atoms. The van der Waals surface area contributed by atoms with Crippen LogP contribution in [0.25, 0.3) is 10.9 Å². The standard InChI is InChI=1S/C15H18N2O3/c1-16(2)8-10-20-13-5-3-12-4-6-15(19)17(7-9-18)14(12)11-13/h3-6,9,11H,7-8,10H2,1-2H3. The third-order valence-corrected chi connectivity index (χ3v) is 3.03. The molecule has 5 heteroatoms. The van der Waals surface area contributed by atoms with Gasteiger partial charge in [-0.2, -0.15) is 0 Å². The fourth-order valence-electron chi connectivity index (χ4n) is 1.97. The van der Waals surface area contributed by atoms with E-state index in [2.05, 4.69) is 0 Å². The maximum atomic E-state index is 11.8. The van der Waals surface area contributed by atoms with E-state index in [1.165, 1.54) is 10.6 Å². The predicted molar refractivity (Wildman–Crippen MR) is 78.3 cm³/mol. The number of fused-ring (bicyclic) bond motifs is 1. The molecule has 0 aliphatic carbocycles. The largest absolute Gasteiger partial charge is 0.492 e. The summed E-state index contributed by atoms with van der Waals surface area (Å²) >= 11 is 0. The fraction of sp³-hybridized carbons (Fsp3) is 0.333. The number of hydrogen-bond acceptors (Lipinski definition) is 4. The SMILES string of the molecule is CN(C)CCOc1ccc2ccc(=O)n(CC=O)c2c1. The number of aromatic nitrogens is 1. The number of pyridine rings is 1. The van der Waals surface area contributed by atoms with Crippen molar-refractivity contribution in [2.24, 2.45) is 0 Å². The van der Waals surface area contributed by atoms with Crippen molar-refractivity contribution >= 4 is 17.2 Å². The van der Waals surface area contributed by atoms with Gasteiger partial charge in [0.05, 0.1) is 12.1 Å². The van der Waals surface area contributed by atoms with Gasteiger partial charge in [-0.1, -0.05) is 0 Å². The molecular formula is C15H18N2O3. The van der Waals surface area contributed by atoms with Crippen LogP contribution in [-0.4, -0.2) is 43.0 Å². The maximum absolute atomic E-state index is 11.8. The summed E-state index contributed by atoms with van der Waals surface area (Å²) in [6.07, 6.45) is 0.723. The number of likely N-dealkylation sites (N-methyl/N-ethyl adjacent to an activating group) is 1. The molecule has 0 amide bonds. The zero-order valence-corrected chi connectivity index (χ0v) is 11.7. The van der Waals surface area contributed by atoms with Gasteiger partial charge in [-0.3, -0.25) is 4.79 Å². The molecule has 2 rings (SSSR count). The summed E-state index contributed by atoms with van der Waals surface area (Å²) in [6, 6.07) is 8.78. The Morgan fingerprint density at radius 1 is 1.25 bits per heavy atom. The van der Waals surface area contributed by atoms with Crippen molar-refractivity contribution in [1.29, 1.82) is 0 Å². The fourth-order valence-corrected chi connectivity index (χ4v) is 1.97. The van der Waals surface area contributed by atoms with E-state index in [0.29, 0.717) is 17.9 Å². The molecule has 2 aromatic rings. The second kappa shape index (κ2) is 6.34. The molecule has 0 N–H and O–H groups in total. The van der Waals surface area contributed by atoms with Gasteiger partial charge in [0.25, 0.3) is 5.56 Å². The van der Waals surface area contributed by atoms with Crippen molar-refractivity contribution in [3.8, 4) is 5.75 Å². The third kappa shape index (κ3) is 3.24. The van der Waals surface area contributed by atoms with Crippen LogP contribution in [0.1, 0.15) is 0 Å². The first-order valence-electron chi connectivity index (χ1n) is 6.46. The van der Waals surface area contributed by atoms with Gasteiger partial charge in [0.1, 0.15) is 18.6 Å². The van der Waals surface area contributed by atoms with E-state index in [4.69, 9.17) is 4.74 Å². The summed E-state index contributed by atoms with van der Waals surface area (Å²) in [4.78, 5) is 24.5. The van der Waals surface area contributed by atoms with Gasteiger partial charge in [-0.05, 0) is 37.7 Å². The van der Waals surface area contributed by atoms with E-state index in [0.717, 1.165) is 18.2 Å². The van der Waals surface area contributed by atoms with E-state index in [1.807, 2.05) is 31.1 Å². The summed E-state index contributed by atoms with van der Waals surface area (Å²) in [5.74, 6) is 0.699. The molecule has 5 nitrogen and oxygen atoms in total. The first kappa shape index (κ1) is 14.3. The van der Waals surface area contributed by atoms with E-state index in [1.54, 1.807) is 12.1 Å². The molecule has 0 spiro atoms. The van der Waals surface area contributed by atoms with Gasteiger partial charge in [0.2, 0.25) is 0 Å². The number of aldehydes is 1. The molecular weight excluding hydrogens is 256 g/mol. The highest BCUT2D eigenvalue weighted by atomic mass is 16.5. The molecule has 1 aromatic carbocycles.